The number of ketones is 1. The molecule has 0 saturated heterocycles. The lowest BCUT2D eigenvalue weighted by Gasteiger charge is -2.01. The van der Waals surface area contributed by atoms with Crippen molar-refractivity contribution in [3.63, 3.8) is 0 Å². The molecule has 0 radical (unpaired) electrons. The second kappa shape index (κ2) is 8.77. The summed E-state index contributed by atoms with van der Waals surface area (Å²) in [5, 5.41) is 8.96. The van der Waals surface area contributed by atoms with Crippen molar-refractivity contribution in [2.24, 2.45) is 0 Å². The van der Waals surface area contributed by atoms with Crippen molar-refractivity contribution in [2.45, 2.75) is 33.6 Å². The molecular weight excluding hydrogens is 204 g/mol. The monoisotopic (exact) mass is 224 g/mol. The van der Waals surface area contributed by atoms with Gasteiger partial charge in [-0.25, -0.2) is 0 Å². The molecule has 0 unspecified atom stereocenters. The van der Waals surface area contributed by atoms with Crippen LogP contribution in [-0.2, 0) is 4.79 Å². The molecule has 0 aliphatic heterocycles. The van der Waals surface area contributed by atoms with Gasteiger partial charge in [0.1, 0.15) is 17.3 Å². The molecule has 1 rings (SSSR count). The van der Waals surface area contributed by atoms with Gasteiger partial charge in [-0.3, -0.25) is 4.79 Å². The summed E-state index contributed by atoms with van der Waals surface area (Å²) in [6.45, 7) is 6.30. The highest BCUT2D eigenvalue weighted by molar-refractivity contribution is 5.77. The van der Waals surface area contributed by atoms with E-state index >= 15 is 0 Å². The van der Waals surface area contributed by atoms with Crippen molar-refractivity contribution in [1.82, 2.24) is 0 Å². The Labute approximate surface area is 97.1 Å². The van der Waals surface area contributed by atoms with Crippen LogP contribution in [0, 0.1) is 0 Å². The Bertz CT molecular complexity index is 302. The zero-order valence-corrected chi connectivity index (χ0v) is 10.2. The second-order valence-corrected chi connectivity index (χ2v) is 3.18. The molecule has 0 bridgehead atoms. The molecule has 0 saturated carbocycles. The lowest BCUT2D eigenvalue weighted by molar-refractivity contribution is -0.118. The van der Waals surface area contributed by atoms with Crippen molar-refractivity contribution < 1.29 is 14.6 Å². The Morgan fingerprint density at radius 1 is 1.25 bits per heavy atom. The summed E-state index contributed by atoms with van der Waals surface area (Å²) in [5.41, 5.74) is 0. The molecule has 0 fully saturated rings. The maximum Gasteiger partial charge on any atom is 0.132 e. The van der Waals surface area contributed by atoms with Crippen LogP contribution in [0.3, 0.4) is 0 Å². The first-order chi connectivity index (χ1) is 7.63. The molecule has 90 valence electrons. The van der Waals surface area contributed by atoms with E-state index in [1.165, 1.54) is 0 Å². The molecule has 1 aromatic rings. The third-order valence-electron chi connectivity index (χ3n) is 1.92. The van der Waals surface area contributed by atoms with E-state index in [0.29, 0.717) is 31.0 Å². The van der Waals surface area contributed by atoms with Crippen LogP contribution in [0.2, 0.25) is 0 Å². The van der Waals surface area contributed by atoms with Gasteiger partial charge in [0.25, 0.3) is 0 Å². The van der Waals surface area contributed by atoms with Crippen molar-refractivity contribution in [2.75, 3.05) is 6.61 Å². The summed E-state index contributed by atoms with van der Waals surface area (Å²) < 4.78 is 5.13. The van der Waals surface area contributed by atoms with Gasteiger partial charge in [-0.15, -0.1) is 0 Å². The van der Waals surface area contributed by atoms with Gasteiger partial charge in [0, 0.05) is 18.9 Å². The maximum absolute atomic E-state index is 10.2. The summed E-state index contributed by atoms with van der Waals surface area (Å²) in [5.74, 6) is 1.29. The third kappa shape index (κ3) is 6.87. The lowest BCUT2D eigenvalue weighted by atomic mass is 10.3. The Balaban J connectivity index is 0.000000325. The van der Waals surface area contributed by atoms with Gasteiger partial charge in [0.2, 0.25) is 0 Å². The minimum atomic E-state index is 0.242. The molecule has 3 heteroatoms. The summed E-state index contributed by atoms with van der Waals surface area (Å²) in [4.78, 5) is 10.2. The van der Waals surface area contributed by atoms with E-state index in [9.17, 15) is 4.79 Å². The van der Waals surface area contributed by atoms with Gasteiger partial charge in [0.15, 0.2) is 0 Å². The largest absolute Gasteiger partial charge is 0.508 e. The molecule has 0 amide bonds. The van der Waals surface area contributed by atoms with E-state index in [1.54, 1.807) is 18.2 Å². The maximum atomic E-state index is 10.2. The highest BCUT2D eigenvalue weighted by Crippen LogP contribution is 2.16. The highest BCUT2D eigenvalue weighted by atomic mass is 16.5. The minimum Gasteiger partial charge on any atom is -0.508 e. The molecule has 0 aliphatic carbocycles. The van der Waals surface area contributed by atoms with E-state index in [4.69, 9.17) is 9.84 Å². The average Bonchev–Trinajstić information content (AvgIpc) is 2.29. The number of benzene rings is 1. The lowest BCUT2D eigenvalue weighted by Crippen LogP contribution is -1.89. The number of ether oxygens (including phenoxy) is 1. The summed E-state index contributed by atoms with van der Waals surface area (Å²) >= 11 is 0. The summed E-state index contributed by atoms with van der Waals surface area (Å²) in [7, 11) is 0. The van der Waals surface area contributed by atoms with Gasteiger partial charge in [-0.05, 0) is 19.1 Å². The first-order valence-corrected chi connectivity index (χ1v) is 5.57. The normalized spacial score (nSPS) is 8.94. The molecule has 16 heavy (non-hydrogen) atoms. The number of carbonyl (C=O) groups excluding carboxylic acids is 1. The smallest absolute Gasteiger partial charge is 0.132 e. The van der Waals surface area contributed by atoms with Crippen molar-refractivity contribution in [3.05, 3.63) is 24.3 Å². The Morgan fingerprint density at radius 2 is 1.88 bits per heavy atom. The van der Waals surface area contributed by atoms with E-state index in [1.807, 2.05) is 26.8 Å². The number of hydrogen-bond acceptors (Lipinski definition) is 3. The number of aromatic hydroxyl groups is 1. The number of rotatable bonds is 4. The van der Waals surface area contributed by atoms with Crippen LogP contribution in [0.5, 0.6) is 11.5 Å². The first kappa shape index (κ1) is 14.5. The fourth-order valence-corrected chi connectivity index (χ4v) is 0.990. The van der Waals surface area contributed by atoms with Crippen LogP contribution in [0.4, 0.5) is 0 Å². The number of Topliss-reactive ketones (excluding diaryl/α,β-unsaturated/α-hetero) is 1. The van der Waals surface area contributed by atoms with Crippen molar-refractivity contribution in [3.8, 4) is 11.5 Å². The van der Waals surface area contributed by atoms with E-state index in [-0.39, 0.29) is 5.75 Å². The van der Waals surface area contributed by atoms with Crippen LogP contribution in [0.25, 0.3) is 0 Å². The van der Waals surface area contributed by atoms with E-state index in [2.05, 4.69) is 0 Å². The van der Waals surface area contributed by atoms with E-state index < -0.39 is 0 Å². The Morgan fingerprint density at radius 3 is 2.25 bits per heavy atom. The zero-order chi connectivity index (χ0) is 12.4. The van der Waals surface area contributed by atoms with Crippen LogP contribution >= 0.6 is 0 Å². The first-order valence-electron chi connectivity index (χ1n) is 5.57. The van der Waals surface area contributed by atoms with Crippen molar-refractivity contribution >= 4 is 5.78 Å². The SMILES string of the molecule is CCC(=O)CC.CCOc1cccc(O)c1. The van der Waals surface area contributed by atoms with Crippen LogP contribution < -0.4 is 4.74 Å². The van der Waals surface area contributed by atoms with E-state index in [0.717, 1.165) is 0 Å². The fourth-order valence-electron chi connectivity index (χ4n) is 0.990. The summed E-state index contributed by atoms with van der Waals surface area (Å²) in [6.07, 6.45) is 1.38. The van der Waals surface area contributed by atoms with Gasteiger partial charge in [-0.1, -0.05) is 19.9 Å². The highest BCUT2D eigenvalue weighted by Gasteiger charge is 1.91. The standard InChI is InChI=1S/C8H10O2.C5H10O/c1-2-10-8-5-3-4-7(9)6-8;1-3-5(6)4-2/h3-6,9H,2H2,1H3;3-4H2,1-2H3. The topological polar surface area (TPSA) is 46.5 Å². The Kier molecular flexibility index (Phi) is 7.94. The molecular formula is C13H20O3. The predicted octanol–water partition coefficient (Wildman–Crippen LogP) is 3.17. The van der Waals surface area contributed by atoms with Gasteiger partial charge < -0.3 is 9.84 Å². The number of hydrogen-bond donors (Lipinski definition) is 1. The predicted molar refractivity (Wildman–Crippen MR) is 64.9 cm³/mol. The van der Waals surface area contributed by atoms with Crippen LogP contribution in [-0.4, -0.2) is 17.5 Å². The van der Waals surface area contributed by atoms with Crippen LogP contribution in [0.1, 0.15) is 33.6 Å². The molecule has 0 spiro atoms. The fraction of sp³-hybridized carbons (Fsp3) is 0.462. The van der Waals surface area contributed by atoms with Gasteiger partial charge >= 0.3 is 0 Å². The molecule has 3 nitrogen and oxygen atoms in total. The molecule has 0 atom stereocenters. The number of phenolic OH excluding ortho intramolecular Hbond substituents is 1. The summed E-state index contributed by atoms with van der Waals surface area (Å²) in [6, 6.07) is 6.76. The van der Waals surface area contributed by atoms with Crippen LogP contribution in [0.15, 0.2) is 24.3 Å². The molecule has 0 heterocycles. The van der Waals surface area contributed by atoms with Gasteiger partial charge in [-0.2, -0.15) is 0 Å². The molecule has 1 N–H and O–H groups in total. The number of carbonyl (C=O) groups is 1. The second-order valence-electron chi connectivity index (χ2n) is 3.18. The molecule has 0 aliphatic rings. The molecule has 1 aromatic carbocycles. The average molecular weight is 224 g/mol. The Hall–Kier alpha value is -1.51. The quantitative estimate of drug-likeness (QED) is 0.854. The van der Waals surface area contributed by atoms with Crippen molar-refractivity contribution in [1.29, 1.82) is 0 Å². The number of phenols is 1. The molecule has 0 aromatic heterocycles. The third-order valence-corrected chi connectivity index (χ3v) is 1.92. The minimum absolute atomic E-state index is 0.242. The van der Waals surface area contributed by atoms with Gasteiger partial charge in [0.05, 0.1) is 6.61 Å². The zero-order valence-electron chi connectivity index (χ0n) is 10.2.